The molecule has 2 saturated carbocycles. The molecule has 1 aromatic carbocycles. The lowest BCUT2D eigenvalue weighted by molar-refractivity contribution is 0.0983. The van der Waals surface area contributed by atoms with E-state index in [1.807, 2.05) is 17.8 Å². The number of fused-ring (bicyclic) bond motifs is 3. The molecule has 9 heteroatoms. The first-order chi connectivity index (χ1) is 18.1. The molecule has 0 spiro atoms. The number of nitrogens with zero attached hydrogens (tertiary/aromatic N) is 6. The van der Waals surface area contributed by atoms with Crippen LogP contribution in [0, 0.1) is 6.92 Å². The normalized spacial score (nSPS) is 16.7. The number of anilines is 1. The first-order valence-corrected chi connectivity index (χ1v) is 12.8. The van der Waals surface area contributed by atoms with Gasteiger partial charge in [0.2, 0.25) is 0 Å². The number of aryl methyl sites for hydroxylation is 1. The third-order valence-corrected chi connectivity index (χ3v) is 7.50. The molecule has 0 unspecified atom stereocenters. The largest absolute Gasteiger partial charge is 0.478 e. The highest BCUT2D eigenvalue weighted by atomic mass is 16.5. The molecule has 37 heavy (non-hydrogen) atoms. The van der Waals surface area contributed by atoms with Crippen LogP contribution in [0.15, 0.2) is 36.8 Å². The van der Waals surface area contributed by atoms with E-state index in [2.05, 4.69) is 33.3 Å². The number of rotatable bonds is 7. The fourth-order valence-corrected chi connectivity index (χ4v) is 5.09. The summed E-state index contributed by atoms with van der Waals surface area (Å²) in [4.78, 5) is 29.4. The van der Waals surface area contributed by atoms with Crippen LogP contribution in [-0.2, 0) is 24.5 Å². The highest BCUT2D eigenvalue weighted by Gasteiger charge is 2.31. The van der Waals surface area contributed by atoms with Crippen molar-refractivity contribution in [2.24, 2.45) is 0 Å². The summed E-state index contributed by atoms with van der Waals surface area (Å²) in [6.45, 7) is 3.58. The van der Waals surface area contributed by atoms with Crippen molar-refractivity contribution >= 4 is 22.5 Å². The van der Waals surface area contributed by atoms with E-state index < -0.39 is 0 Å². The van der Waals surface area contributed by atoms with E-state index in [0.29, 0.717) is 48.8 Å². The SMILES string of the molecule is COc1nn(C2CC2)cc1N(Cc1ccc2c3c(c(C)nc2c1)COC3)C(=O)c1cnc(C2CC2)nc1. The van der Waals surface area contributed by atoms with E-state index in [9.17, 15) is 4.79 Å². The average molecular weight is 497 g/mol. The Morgan fingerprint density at radius 2 is 1.92 bits per heavy atom. The number of amides is 1. The Morgan fingerprint density at radius 3 is 2.65 bits per heavy atom. The fraction of sp³-hybridized carbons (Fsp3) is 0.393. The van der Waals surface area contributed by atoms with Crippen molar-refractivity contribution in [3.8, 4) is 5.88 Å². The van der Waals surface area contributed by atoms with Gasteiger partial charge >= 0.3 is 0 Å². The molecule has 1 amide bonds. The Labute approximate surface area is 214 Å². The zero-order valence-corrected chi connectivity index (χ0v) is 21.0. The van der Waals surface area contributed by atoms with Crippen molar-refractivity contribution in [3.63, 3.8) is 0 Å². The van der Waals surface area contributed by atoms with Gasteiger partial charge in [0.05, 0.1) is 50.2 Å². The maximum absolute atomic E-state index is 13.9. The number of hydrogen-bond donors (Lipinski definition) is 0. The minimum absolute atomic E-state index is 0.192. The third kappa shape index (κ3) is 4.03. The first kappa shape index (κ1) is 22.4. The quantitative estimate of drug-likeness (QED) is 0.368. The van der Waals surface area contributed by atoms with Crippen molar-refractivity contribution in [2.75, 3.05) is 12.0 Å². The van der Waals surface area contributed by atoms with Gasteiger partial charge in [-0.2, -0.15) is 0 Å². The fourth-order valence-electron chi connectivity index (χ4n) is 5.09. The number of carbonyl (C=O) groups is 1. The monoisotopic (exact) mass is 496 g/mol. The number of aromatic nitrogens is 5. The van der Waals surface area contributed by atoms with Crippen molar-refractivity contribution in [1.29, 1.82) is 0 Å². The summed E-state index contributed by atoms with van der Waals surface area (Å²) >= 11 is 0. The number of methoxy groups -OCH3 is 1. The van der Waals surface area contributed by atoms with E-state index in [1.165, 1.54) is 11.1 Å². The van der Waals surface area contributed by atoms with Gasteiger partial charge in [-0.15, -0.1) is 5.10 Å². The summed E-state index contributed by atoms with van der Waals surface area (Å²) in [6, 6.07) is 6.57. The van der Waals surface area contributed by atoms with Crippen LogP contribution < -0.4 is 9.64 Å². The van der Waals surface area contributed by atoms with Crippen LogP contribution in [0.3, 0.4) is 0 Å². The number of hydrogen-bond acceptors (Lipinski definition) is 7. The Morgan fingerprint density at radius 1 is 1.14 bits per heavy atom. The lowest BCUT2D eigenvalue weighted by Crippen LogP contribution is -2.31. The summed E-state index contributed by atoms with van der Waals surface area (Å²) in [6.07, 6.45) is 9.59. The van der Waals surface area contributed by atoms with Gasteiger partial charge in [-0.1, -0.05) is 12.1 Å². The van der Waals surface area contributed by atoms with Crippen molar-refractivity contribution in [2.45, 2.75) is 64.3 Å². The van der Waals surface area contributed by atoms with E-state index in [1.54, 1.807) is 24.4 Å². The highest BCUT2D eigenvalue weighted by Crippen LogP contribution is 2.40. The molecule has 4 aromatic rings. The second-order valence-electron chi connectivity index (χ2n) is 10.2. The number of pyridine rings is 1. The topological polar surface area (TPSA) is 95.3 Å². The van der Waals surface area contributed by atoms with E-state index in [-0.39, 0.29) is 5.91 Å². The van der Waals surface area contributed by atoms with Gasteiger partial charge in [0.15, 0.2) is 0 Å². The van der Waals surface area contributed by atoms with Crippen LogP contribution in [0.4, 0.5) is 5.69 Å². The lowest BCUT2D eigenvalue weighted by Gasteiger charge is -2.22. The smallest absolute Gasteiger partial charge is 0.261 e. The molecule has 188 valence electrons. The minimum Gasteiger partial charge on any atom is -0.478 e. The van der Waals surface area contributed by atoms with Gasteiger partial charge in [-0.25, -0.2) is 9.97 Å². The molecular formula is C28H28N6O3. The molecule has 9 nitrogen and oxygen atoms in total. The zero-order valence-electron chi connectivity index (χ0n) is 21.0. The van der Waals surface area contributed by atoms with Crippen LogP contribution in [0.2, 0.25) is 0 Å². The van der Waals surface area contributed by atoms with Gasteiger partial charge in [0.25, 0.3) is 11.8 Å². The molecular weight excluding hydrogens is 468 g/mol. The van der Waals surface area contributed by atoms with Crippen molar-refractivity contribution in [1.82, 2.24) is 24.7 Å². The van der Waals surface area contributed by atoms with Crippen LogP contribution in [0.1, 0.15) is 76.2 Å². The summed E-state index contributed by atoms with van der Waals surface area (Å²) in [7, 11) is 1.59. The highest BCUT2D eigenvalue weighted by molar-refractivity contribution is 6.06. The zero-order chi connectivity index (χ0) is 25.1. The molecule has 0 atom stereocenters. The van der Waals surface area contributed by atoms with Crippen LogP contribution in [0.25, 0.3) is 10.9 Å². The van der Waals surface area contributed by atoms with Gasteiger partial charge < -0.3 is 9.47 Å². The molecule has 0 saturated heterocycles. The summed E-state index contributed by atoms with van der Waals surface area (Å²) in [5.41, 5.74) is 6.33. The first-order valence-electron chi connectivity index (χ1n) is 12.8. The molecule has 0 bridgehead atoms. The summed E-state index contributed by atoms with van der Waals surface area (Å²) in [5.74, 6) is 1.48. The maximum atomic E-state index is 13.9. The second kappa shape index (κ2) is 8.62. The molecule has 0 radical (unpaired) electrons. The molecule has 3 aliphatic rings. The van der Waals surface area contributed by atoms with Crippen LogP contribution >= 0.6 is 0 Å². The molecule has 2 fully saturated rings. The Hall–Kier alpha value is -3.85. The van der Waals surface area contributed by atoms with E-state index >= 15 is 0 Å². The van der Waals surface area contributed by atoms with Gasteiger partial charge in [-0.05, 0) is 49.8 Å². The molecule has 0 N–H and O–H groups in total. The van der Waals surface area contributed by atoms with Gasteiger partial charge in [0, 0.05) is 35.0 Å². The average Bonchev–Trinajstić information content (AvgIpc) is 3.85. The Balaban J connectivity index is 1.27. The standard InChI is InChI=1S/C28H28N6O3/c1-16-22-14-37-15-23(22)21-8-3-17(9-24(21)31-16)12-33(25-13-34(20-6-7-20)32-27(25)36-2)28(35)19-10-29-26(30-11-19)18-4-5-18/h3,8-11,13,18,20H,4-7,12,14-15H2,1-2H3. The number of carbonyl (C=O) groups excluding carboxylic acids is 1. The van der Waals surface area contributed by atoms with E-state index in [0.717, 1.165) is 53.7 Å². The summed E-state index contributed by atoms with van der Waals surface area (Å²) in [5, 5.41) is 5.72. The minimum atomic E-state index is -0.192. The predicted octanol–water partition coefficient (Wildman–Crippen LogP) is 4.63. The van der Waals surface area contributed by atoms with Crippen molar-refractivity contribution < 1.29 is 14.3 Å². The number of benzene rings is 1. The molecule has 7 rings (SSSR count). The molecule has 1 aliphatic heterocycles. The predicted molar refractivity (Wildman–Crippen MR) is 137 cm³/mol. The Bertz CT molecular complexity index is 1520. The van der Waals surface area contributed by atoms with Crippen molar-refractivity contribution in [3.05, 3.63) is 70.6 Å². The van der Waals surface area contributed by atoms with Crippen LogP contribution in [-0.4, -0.2) is 37.7 Å². The second-order valence-corrected chi connectivity index (χ2v) is 10.2. The van der Waals surface area contributed by atoms with Gasteiger partial charge in [0.1, 0.15) is 11.5 Å². The van der Waals surface area contributed by atoms with Gasteiger partial charge in [-0.3, -0.25) is 19.4 Å². The molecule has 3 aromatic heterocycles. The van der Waals surface area contributed by atoms with E-state index in [4.69, 9.17) is 14.5 Å². The summed E-state index contributed by atoms with van der Waals surface area (Å²) < 4.78 is 13.2. The maximum Gasteiger partial charge on any atom is 0.261 e. The molecule has 2 aliphatic carbocycles. The lowest BCUT2D eigenvalue weighted by atomic mass is 10.0. The Kier molecular flexibility index (Phi) is 5.21. The molecule has 4 heterocycles. The third-order valence-electron chi connectivity index (χ3n) is 7.50. The van der Waals surface area contributed by atoms with Crippen LogP contribution in [0.5, 0.6) is 5.88 Å². The number of ether oxygens (including phenoxy) is 2.